The summed E-state index contributed by atoms with van der Waals surface area (Å²) in [7, 11) is 1.74. The molecule has 122 valence electrons. The van der Waals surface area contributed by atoms with Crippen LogP contribution in [-0.4, -0.2) is 15.8 Å². The van der Waals surface area contributed by atoms with Gasteiger partial charge < -0.3 is 0 Å². The van der Waals surface area contributed by atoms with E-state index in [1.807, 2.05) is 30.3 Å². The number of fused-ring (bicyclic) bond motifs is 3. The van der Waals surface area contributed by atoms with Gasteiger partial charge in [0.25, 0.3) is 5.56 Å². The highest BCUT2D eigenvalue weighted by atomic mass is 32.1. The van der Waals surface area contributed by atoms with Crippen LogP contribution in [0.5, 0.6) is 0 Å². The van der Waals surface area contributed by atoms with E-state index in [9.17, 15) is 4.79 Å². The van der Waals surface area contributed by atoms with Gasteiger partial charge in [0, 0.05) is 11.9 Å². The molecule has 0 saturated carbocycles. The van der Waals surface area contributed by atoms with E-state index in [1.54, 1.807) is 29.2 Å². The van der Waals surface area contributed by atoms with Crippen LogP contribution in [-0.2, 0) is 19.9 Å². The SMILES string of the molecule is Cn1c(N/N=C/c2ccccc2)nc2sc3c(c2c1=O)CCCC3. The third kappa shape index (κ3) is 2.63. The van der Waals surface area contributed by atoms with Crippen molar-refractivity contribution in [1.82, 2.24) is 9.55 Å². The number of nitrogens with one attached hydrogen (secondary N) is 1. The molecule has 4 rings (SSSR count). The lowest BCUT2D eigenvalue weighted by atomic mass is 9.97. The first-order valence-electron chi connectivity index (χ1n) is 8.09. The van der Waals surface area contributed by atoms with E-state index in [0.29, 0.717) is 5.95 Å². The van der Waals surface area contributed by atoms with Gasteiger partial charge in [0.1, 0.15) is 4.83 Å². The molecule has 0 unspecified atom stereocenters. The average Bonchev–Trinajstić information content (AvgIpc) is 2.98. The summed E-state index contributed by atoms with van der Waals surface area (Å²) < 4.78 is 1.55. The standard InChI is InChI=1S/C18H18N4OS/c1-22-17(23)15-13-9-5-6-10-14(13)24-16(15)20-18(22)21-19-11-12-7-3-2-4-8-12/h2-4,7-8,11H,5-6,9-10H2,1H3,(H,20,21)/b19-11+. The van der Waals surface area contributed by atoms with Gasteiger partial charge in [0.15, 0.2) is 0 Å². The predicted molar refractivity (Wildman–Crippen MR) is 99.2 cm³/mol. The Morgan fingerprint density at radius 3 is 2.88 bits per heavy atom. The quantitative estimate of drug-likeness (QED) is 0.589. The van der Waals surface area contributed by atoms with Gasteiger partial charge in [-0.2, -0.15) is 5.10 Å². The topological polar surface area (TPSA) is 59.3 Å². The first kappa shape index (κ1) is 15.1. The molecule has 1 aliphatic rings. The van der Waals surface area contributed by atoms with E-state index >= 15 is 0 Å². The summed E-state index contributed by atoms with van der Waals surface area (Å²) in [5, 5.41) is 5.01. The summed E-state index contributed by atoms with van der Waals surface area (Å²) in [5.74, 6) is 0.471. The number of nitrogens with zero attached hydrogens (tertiary/aromatic N) is 3. The van der Waals surface area contributed by atoms with E-state index in [1.165, 1.54) is 16.9 Å². The zero-order valence-corrected chi connectivity index (χ0v) is 14.3. The molecule has 1 aliphatic carbocycles. The maximum absolute atomic E-state index is 12.8. The maximum atomic E-state index is 12.8. The van der Waals surface area contributed by atoms with E-state index in [-0.39, 0.29) is 5.56 Å². The first-order chi connectivity index (χ1) is 11.7. The molecule has 1 N–H and O–H groups in total. The molecule has 6 heteroatoms. The molecule has 0 amide bonds. The van der Waals surface area contributed by atoms with Gasteiger partial charge in [-0.3, -0.25) is 9.36 Å². The Kier molecular flexibility index (Phi) is 3.90. The summed E-state index contributed by atoms with van der Waals surface area (Å²) in [6.45, 7) is 0. The summed E-state index contributed by atoms with van der Waals surface area (Å²) in [6.07, 6.45) is 6.13. The van der Waals surface area contributed by atoms with Crippen molar-refractivity contribution in [3.05, 3.63) is 56.7 Å². The highest BCUT2D eigenvalue weighted by Crippen LogP contribution is 2.34. The number of anilines is 1. The van der Waals surface area contributed by atoms with Crippen LogP contribution < -0.4 is 11.0 Å². The second kappa shape index (κ2) is 6.20. The van der Waals surface area contributed by atoms with Crippen molar-refractivity contribution < 1.29 is 0 Å². The lowest BCUT2D eigenvalue weighted by Gasteiger charge is -2.10. The average molecular weight is 338 g/mol. The molecule has 1 aromatic carbocycles. The van der Waals surface area contributed by atoms with Crippen molar-refractivity contribution in [2.24, 2.45) is 12.1 Å². The van der Waals surface area contributed by atoms with Crippen LogP contribution in [0, 0.1) is 0 Å². The number of aromatic nitrogens is 2. The Balaban J connectivity index is 1.70. The van der Waals surface area contributed by atoms with Crippen molar-refractivity contribution >= 4 is 33.7 Å². The number of aryl methyl sites for hydroxylation is 2. The highest BCUT2D eigenvalue weighted by molar-refractivity contribution is 7.18. The van der Waals surface area contributed by atoms with Gasteiger partial charge in [0.2, 0.25) is 5.95 Å². The number of rotatable bonds is 3. The molecule has 24 heavy (non-hydrogen) atoms. The normalized spacial score (nSPS) is 14.2. The molecule has 0 radical (unpaired) electrons. The summed E-state index contributed by atoms with van der Waals surface area (Å²) >= 11 is 1.65. The molecule has 0 bridgehead atoms. The minimum absolute atomic E-state index is 0.0109. The molecular weight excluding hydrogens is 320 g/mol. The van der Waals surface area contributed by atoms with Crippen LogP contribution in [0.2, 0.25) is 0 Å². The van der Waals surface area contributed by atoms with Gasteiger partial charge in [0.05, 0.1) is 11.6 Å². The lowest BCUT2D eigenvalue weighted by molar-refractivity contribution is 0.699. The van der Waals surface area contributed by atoms with Gasteiger partial charge in [-0.25, -0.2) is 10.4 Å². The van der Waals surface area contributed by atoms with Crippen molar-refractivity contribution in [1.29, 1.82) is 0 Å². The minimum Gasteiger partial charge on any atom is -0.280 e. The lowest BCUT2D eigenvalue weighted by Crippen LogP contribution is -2.21. The van der Waals surface area contributed by atoms with Crippen molar-refractivity contribution in [2.45, 2.75) is 25.7 Å². The molecule has 0 spiro atoms. The van der Waals surface area contributed by atoms with Crippen molar-refractivity contribution in [2.75, 3.05) is 5.43 Å². The number of benzene rings is 1. The van der Waals surface area contributed by atoms with E-state index < -0.39 is 0 Å². The Labute approximate surface area is 143 Å². The molecule has 2 heterocycles. The van der Waals surface area contributed by atoms with Gasteiger partial charge in [-0.1, -0.05) is 30.3 Å². The minimum atomic E-state index is 0.0109. The van der Waals surface area contributed by atoms with Crippen LogP contribution >= 0.6 is 11.3 Å². The van der Waals surface area contributed by atoms with Crippen LogP contribution in [0.15, 0.2) is 40.2 Å². The fraction of sp³-hybridized carbons (Fsp3) is 0.278. The monoisotopic (exact) mass is 338 g/mol. The second-order valence-corrected chi connectivity index (χ2v) is 7.05. The third-order valence-electron chi connectivity index (χ3n) is 4.37. The van der Waals surface area contributed by atoms with Crippen molar-refractivity contribution in [3.63, 3.8) is 0 Å². The number of hydrogen-bond acceptors (Lipinski definition) is 5. The van der Waals surface area contributed by atoms with E-state index in [0.717, 1.165) is 35.0 Å². The zero-order valence-electron chi connectivity index (χ0n) is 13.5. The molecule has 2 aromatic heterocycles. The van der Waals surface area contributed by atoms with Gasteiger partial charge in [-0.15, -0.1) is 11.3 Å². The predicted octanol–water partition coefficient (Wildman–Crippen LogP) is 3.32. The van der Waals surface area contributed by atoms with Crippen LogP contribution in [0.3, 0.4) is 0 Å². The number of hydrogen-bond donors (Lipinski definition) is 1. The molecule has 0 fully saturated rings. The summed E-state index contributed by atoms with van der Waals surface area (Å²) in [5.41, 5.74) is 5.12. The largest absolute Gasteiger partial charge is 0.280 e. The highest BCUT2D eigenvalue weighted by Gasteiger charge is 2.20. The van der Waals surface area contributed by atoms with Gasteiger partial charge in [-0.05, 0) is 36.8 Å². The van der Waals surface area contributed by atoms with E-state index in [4.69, 9.17) is 0 Å². The van der Waals surface area contributed by atoms with Crippen LogP contribution in [0.25, 0.3) is 10.2 Å². The Morgan fingerprint density at radius 2 is 2.04 bits per heavy atom. The van der Waals surface area contributed by atoms with Gasteiger partial charge >= 0.3 is 0 Å². The summed E-state index contributed by atoms with van der Waals surface area (Å²) in [4.78, 5) is 19.5. The van der Waals surface area contributed by atoms with E-state index in [2.05, 4.69) is 15.5 Å². The third-order valence-corrected chi connectivity index (χ3v) is 5.56. The smallest absolute Gasteiger partial charge is 0.263 e. The van der Waals surface area contributed by atoms with Crippen molar-refractivity contribution in [3.8, 4) is 0 Å². The van der Waals surface area contributed by atoms with Crippen LogP contribution in [0.4, 0.5) is 5.95 Å². The Bertz CT molecular complexity index is 972. The second-order valence-electron chi connectivity index (χ2n) is 5.97. The summed E-state index contributed by atoms with van der Waals surface area (Å²) in [6, 6.07) is 9.81. The Hall–Kier alpha value is -2.47. The molecule has 0 atom stereocenters. The first-order valence-corrected chi connectivity index (χ1v) is 8.91. The fourth-order valence-corrected chi connectivity index (χ4v) is 4.34. The fourth-order valence-electron chi connectivity index (χ4n) is 3.09. The molecule has 3 aromatic rings. The molecule has 5 nitrogen and oxygen atoms in total. The number of thiophene rings is 1. The Morgan fingerprint density at radius 1 is 1.25 bits per heavy atom. The number of hydrazone groups is 1. The molecular formula is C18H18N4OS. The van der Waals surface area contributed by atoms with Crippen LogP contribution in [0.1, 0.15) is 28.8 Å². The zero-order chi connectivity index (χ0) is 16.5. The maximum Gasteiger partial charge on any atom is 0.263 e. The molecule has 0 aliphatic heterocycles. The molecule has 0 saturated heterocycles.